The van der Waals surface area contributed by atoms with E-state index >= 15 is 0 Å². The molecule has 132 valence electrons. The Morgan fingerprint density at radius 3 is 2.46 bits per heavy atom. The number of aromatic nitrogens is 1. The number of hydrogen-bond donors (Lipinski definition) is 2. The third-order valence-corrected chi connectivity index (χ3v) is 4.27. The minimum absolute atomic E-state index is 0.251. The molecule has 0 radical (unpaired) electrons. The minimum Gasteiger partial charge on any atom is -0.453 e. The van der Waals surface area contributed by atoms with E-state index in [1.165, 1.54) is 30.6 Å². The average molecular weight is 371 g/mol. The van der Waals surface area contributed by atoms with Gasteiger partial charge in [0.1, 0.15) is 16.5 Å². The van der Waals surface area contributed by atoms with Crippen molar-refractivity contribution in [1.29, 1.82) is 0 Å². The fourth-order valence-electron chi connectivity index (χ4n) is 2.14. The SMILES string of the molecule is COC(=O)Nc1cccc(NC(=O)c2csc(-c3ccc(F)cc3)n2)c1. The number of halogens is 1. The molecule has 0 saturated heterocycles. The standard InChI is InChI=1S/C18H14FN3O3S/c1-25-18(24)21-14-4-2-3-13(9-14)20-16(23)15-10-26-17(22-15)11-5-7-12(19)8-6-11/h2-10H,1H3,(H,20,23)(H,21,24). The molecule has 0 spiro atoms. The zero-order valence-electron chi connectivity index (χ0n) is 13.7. The molecule has 0 atom stereocenters. The smallest absolute Gasteiger partial charge is 0.411 e. The van der Waals surface area contributed by atoms with Crippen molar-refractivity contribution in [2.75, 3.05) is 17.7 Å². The van der Waals surface area contributed by atoms with Gasteiger partial charge in [-0.15, -0.1) is 11.3 Å². The first kappa shape index (κ1) is 17.6. The number of rotatable bonds is 4. The van der Waals surface area contributed by atoms with Crippen LogP contribution >= 0.6 is 11.3 Å². The van der Waals surface area contributed by atoms with E-state index in [-0.39, 0.29) is 17.4 Å². The fourth-order valence-corrected chi connectivity index (χ4v) is 2.95. The topological polar surface area (TPSA) is 80.3 Å². The van der Waals surface area contributed by atoms with Crippen molar-refractivity contribution in [3.8, 4) is 10.6 Å². The first-order valence-electron chi connectivity index (χ1n) is 7.53. The Morgan fingerprint density at radius 2 is 1.77 bits per heavy atom. The van der Waals surface area contributed by atoms with Gasteiger partial charge in [0.05, 0.1) is 7.11 Å². The lowest BCUT2D eigenvalue weighted by atomic mass is 10.2. The molecule has 2 amide bonds. The Morgan fingerprint density at radius 1 is 1.08 bits per heavy atom. The zero-order chi connectivity index (χ0) is 18.5. The molecule has 0 bridgehead atoms. The lowest BCUT2D eigenvalue weighted by Gasteiger charge is -2.07. The van der Waals surface area contributed by atoms with Gasteiger partial charge in [0.25, 0.3) is 5.91 Å². The number of ether oxygens (including phenoxy) is 1. The van der Waals surface area contributed by atoms with Crippen LogP contribution in [-0.4, -0.2) is 24.1 Å². The van der Waals surface area contributed by atoms with Crippen LogP contribution in [0, 0.1) is 5.82 Å². The van der Waals surface area contributed by atoms with E-state index in [2.05, 4.69) is 20.4 Å². The molecule has 0 aliphatic rings. The first-order chi connectivity index (χ1) is 12.5. The van der Waals surface area contributed by atoms with Crippen molar-refractivity contribution in [1.82, 2.24) is 4.98 Å². The van der Waals surface area contributed by atoms with Crippen LogP contribution in [0.25, 0.3) is 10.6 Å². The second-order valence-electron chi connectivity index (χ2n) is 5.20. The van der Waals surface area contributed by atoms with Gasteiger partial charge in [-0.2, -0.15) is 0 Å². The molecule has 0 saturated carbocycles. The number of carbonyl (C=O) groups excluding carboxylic acids is 2. The van der Waals surface area contributed by atoms with Gasteiger partial charge in [-0.1, -0.05) is 6.07 Å². The molecular weight excluding hydrogens is 357 g/mol. The summed E-state index contributed by atoms with van der Waals surface area (Å²) in [6.07, 6.45) is -0.600. The number of hydrogen-bond acceptors (Lipinski definition) is 5. The summed E-state index contributed by atoms with van der Waals surface area (Å²) < 4.78 is 17.5. The summed E-state index contributed by atoms with van der Waals surface area (Å²) in [5.41, 5.74) is 1.97. The highest BCUT2D eigenvalue weighted by atomic mass is 32.1. The lowest BCUT2D eigenvalue weighted by Crippen LogP contribution is -2.14. The second-order valence-corrected chi connectivity index (χ2v) is 6.05. The molecule has 8 heteroatoms. The number of amides is 2. The maximum absolute atomic E-state index is 13.0. The predicted octanol–water partition coefficient (Wildman–Crippen LogP) is 4.38. The quantitative estimate of drug-likeness (QED) is 0.713. The van der Waals surface area contributed by atoms with Crippen LogP contribution in [0.5, 0.6) is 0 Å². The van der Waals surface area contributed by atoms with Crippen LogP contribution < -0.4 is 10.6 Å². The Balaban J connectivity index is 1.71. The highest BCUT2D eigenvalue weighted by Crippen LogP contribution is 2.24. The number of benzene rings is 2. The molecule has 0 unspecified atom stereocenters. The fraction of sp³-hybridized carbons (Fsp3) is 0.0556. The van der Waals surface area contributed by atoms with Crippen LogP contribution in [0.2, 0.25) is 0 Å². The first-order valence-corrected chi connectivity index (χ1v) is 8.41. The maximum Gasteiger partial charge on any atom is 0.411 e. The van der Waals surface area contributed by atoms with Crippen molar-refractivity contribution in [3.63, 3.8) is 0 Å². The van der Waals surface area contributed by atoms with E-state index in [1.807, 2.05) is 0 Å². The van der Waals surface area contributed by atoms with E-state index in [1.54, 1.807) is 41.8 Å². The zero-order valence-corrected chi connectivity index (χ0v) is 14.5. The van der Waals surface area contributed by atoms with Crippen LogP contribution in [-0.2, 0) is 4.74 Å². The molecule has 1 heterocycles. The summed E-state index contributed by atoms with van der Waals surface area (Å²) in [6, 6.07) is 12.5. The van der Waals surface area contributed by atoms with Crippen LogP contribution in [0.4, 0.5) is 20.6 Å². The van der Waals surface area contributed by atoms with E-state index < -0.39 is 6.09 Å². The maximum atomic E-state index is 13.0. The Labute approximate surface area is 152 Å². The number of thiazole rings is 1. The lowest BCUT2D eigenvalue weighted by molar-refractivity contribution is 0.102. The van der Waals surface area contributed by atoms with Crippen molar-refractivity contribution < 1.29 is 18.7 Å². The molecule has 2 N–H and O–H groups in total. The van der Waals surface area contributed by atoms with Gasteiger partial charge >= 0.3 is 6.09 Å². The molecule has 2 aromatic carbocycles. The number of anilines is 2. The largest absolute Gasteiger partial charge is 0.453 e. The average Bonchev–Trinajstić information content (AvgIpc) is 3.13. The third kappa shape index (κ3) is 4.22. The van der Waals surface area contributed by atoms with Crippen LogP contribution in [0.15, 0.2) is 53.9 Å². The van der Waals surface area contributed by atoms with Crippen molar-refractivity contribution in [2.45, 2.75) is 0 Å². The molecular formula is C18H14FN3O3S. The number of nitrogens with zero attached hydrogens (tertiary/aromatic N) is 1. The second kappa shape index (κ2) is 7.75. The van der Waals surface area contributed by atoms with Gasteiger partial charge in [0.2, 0.25) is 0 Å². The summed E-state index contributed by atoms with van der Waals surface area (Å²) in [5.74, 6) is -0.714. The molecule has 3 aromatic rings. The summed E-state index contributed by atoms with van der Waals surface area (Å²) in [6.45, 7) is 0. The van der Waals surface area contributed by atoms with Gasteiger partial charge in [-0.3, -0.25) is 10.1 Å². The van der Waals surface area contributed by atoms with E-state index in [0.29, 0.717) is 16.4 Å². The summed E-state index contributed by atoms with van der Waals surface area (Å²) in [7, 11) is 1.27. The molecule has 1 aromatic heterocycles. The van der Waals surface area contributed by atoms with Crippen molar-refractivity contribution >= 4 is 34.7 Å². The van der Waals surface area contributed by atoms with E-state index in [9.17, 15) is 14.0 Å². The van der Waals surface area contributed by atoms with E-state index in [4.69, 9.17) is 0 Å². The van der Waals surface area contributed by atoms with E-state index in [0.717, 1.165) is 5.56 Å². The Bertz CT molecular complexity index is 941. The number of nitrogens with one attached hydrogen (secondary N) is 2. The molecule has 0 aliphatic heterocycles. The molecule has 26 heavy (non-hydrogen) atoms. The minimum atomic E-state index is -0.600. The summed E-state index contributed by atoms with van der Waals surface area (Å²) in [5, 5.41) is 7.49. The van der Waals surface area contributed by atoms with Crippen molar-refractivity contribution in [3.05, 3.63) is 65.4 Å². The highest BCUT2D eigenvalue weighted by molar-refractivity contribution is 7.13. The predicted molar refractivity (Wildman–Crippen MR) is 97.9 cm³/mol. The number of methoxy groups -OCH3 is 1. The van der Waals surface area contributed by atoms with Crippen LogP contribution in [0.3, 0.4) is 0 Å². The normalized spacial score (nSPS) is 10.2. The summed E-state index contributed by atoms with van der Waals surface area (Å²) >= 11 is 1.29. The monoisotopic (exact) mass is 371 g/mol. The van der Waals surface area contributed by atoms with Crippen LogP contribution in [0.1, 0.15) is 10.5 Å². The van der Waals surface area contributed by atoms with Crippen molar-refractivity contribution in [2.24, 2.45) is 0 Å². The van der Waals surface area contributed by atoms with Gasteiger partial charge in [-0.05, 0) is 42.5 Å². The molecule has 3 rings (SSSR count). The third-order valence-electron chi connectivity index (χ3n) is 3.38. The van der Waals surface area contributed by atoms with Gasteiger partial charge in [-0.25, -0.2) is 14.2 Å². The van der Waals surface area contributed by atoms with Gasteiger partial charge < -0.3 is 10.1 Å². The highest BCUT2D eigenvalue weighted by Gasteiger charge is 2.13. The Kier molecular flexibility index (Phi) is 5.23. The van der Waals surface area contributed by atoms with Gasteiger partial charge in [0, 0.05) is 22.3 Å². The molecule has 6 nitrogen and oxygen atoms in total. The molecule has 0 fully saturated rings. The van der Waals surface area contributed by atoms with Gasteiger partial charge in [0.15, 0.2) is 0 Å². The molecule has 0 aliphatic carbocycles. The number of carbonyl (C=O) groups is 2. The summed E-state index contributed by atoms with van der Waals surface area (Å²) in [4.78, 5) is 27.9. The Hall–Kier alpha value is -3.26.